The fourth-order valence-electron chi connectivity index (χ4n) is 4.86. The summed E-state index contributed by atoms with van der Waals surface area (Å²) in [5, 5.41) is 13.9. The van der Waals surface area contributed by atoms with Crippen LogP contribution in [0.1, 0.15) is 17.5 Å². The highest BCUT2D eigenvalue weighted by molar-refractivity contribution is 5.65. The van der Waals surface area contributed by atoms with Gasteiger partial charge in [-0.05, 0) is 36.1 Å². The van der Waals surface area contributed by atoms with Crippen molar-refractivity contribution in [1.82, 2.24) is 14.9 Å². The summed E-state index contributed by atoms with van der Waals surface area (Å²) >= 11 is 0. The molecule has 1 fully saturated rings. The van der Waals surface area contributed by atoms with Gasteiger partial charge in [-0.15, -0.1) is 13.2 Å². The van der Waals surface area contributed by atoms with Gasteiger partial charge in [0.15, 0.2) is 5.75 Å². The Bertz CT molecular complexity index is 1180. The van der Waals surface area contributed by atoms with Crippen molar-refractivity contribution >= 4 is 17.3 Å². The van der Waals surface area contributed by atoms with Crippen molar-refractivity contribution in [2.75, 3.05) is 29.9 Å². The lowest BCUT2D eigenvalue weighted by Gasteiger charge is -2.43. The fraction of sp³-hybridized carbons (Fsp3) is 0.360. The second-order valence-electron chi connectivity index (χ2n) is 8.79. The molecule has 184 valence electrons. The Morgan fingerprint density at radius 2 is 1.77 bits per heavy atom. The smallest absolute Gasteiger partial charge is 0.404 e. The second-order valence-corrected chi connectivity index (χ2v) is 8.79. The number of anilines is 3. The maximum atomic E-state index is 12.7. The molecule has 2 aliphatic heterocycles. The molecule has 0 amide bonds. The number of hydrogen-bond acceptors (Lipinski definition) is 7. The van der Waals surface area contributed by atoms with Gasteiger partial charge in [-0.3, -0.25) is 4.90 Å². The molecular formula is C25H26F3N5O2. The summed E-state index contributed by atoms with van der Waals surface area (Å²) in [5.41, 5.74) is 2.83. The molecule has 2 atom stereocenters. The number of benzene rings is 2. The molecule has 3 aromatic rings. The quantitative estimate of drug-likeness (QED) is 0.563. The van der Waals surface area contributed by atoms with Crippen LogP contribution < -0.4 is 15.0 Å². The molecule has 0 spiro atoms. The molecule has 0 bridgehead atoms. The van der Waals surface area contributed by atoms with Crippen molar-refractivity contribution in [3.8, 4) is 5.75 Å². The standard InChI is InChI=1S/C25H26F3N5O2/c26-25(27,28)35-22-8-4-3-7-19(22)31-23-13-24(30-16-29-23)33-12-10-20(21(34)15-33)32-11-9-17-5-1-2-6-18(17)14-32/h1-8,13,16,20-21,34H,9-12,14-15H2,(H,29,30,31)/t20?,21-/m0/s1. The number of rotatable bonds is 5. The highest BCUT2D eigenvalue weighted by atomic mass is 19.4. The summed E-state index contributed by atoms with van der Waals surface area (Å²) in [6.45, 7) is 2.86. The van der Waals surface area contributed by atoms with Crippen LogP contribution in [-0.4, -0.2) is 58.1 Å². The minimum atomic E-state index is -4.80. The number of nitrogens with one attached hydrogen (secondary N) is 1. The predicted molar refractivity (Wildman–Crippen MR) is 126 cm³/mol. The summed E-state index contributed by atoms with van der Waals surface area (Å²) in [6.07, 6.45) is -2.25. The molecule has 5 rings (SSSR count). The van der Waals surface area contributed by atoms with Crippen LogP contribution in [0.4, 0.5) is 30.5 Å². The van der Waals surface area contributed by atoms with E-state index >= 15 is 0 Å². The third-order valence-electron chi connectivity index (χ3n) is 6.53. The van der Waals surface area contributed by atoms with E-state index in [0.29, 0.717) is 24.7 Å². The van der Waals surface area contributed by atoms with Gasteiger partial charge >= 0.3 is 6.36 Å². The normalized spacial score (nSPS) is 20.9. The molecule has 3 heterocycles. The Morgan fingerprint density at radius 1 is 1.00 bits per heavy atom. The number of aliphatic hydroxyl groups excluding tert-OH is 1. The van der Waals surface area contributed by atoms with Crippen molar-refractivity contribution in [2.45, 2.75) is 37.9 Å². The van der Waals surface area contributed by atoms with Gasteiger partial charge in [-0.1, -0.05) is 36.4 Å². The minimum Gasteiger partial charge on any atom is -0.404 e. The van der Waals surface area contributed by atoms with Crippen molar-refractivity contribution in [1.29, 1.82) is 0 Å². The monoisotopic (exact) mass is 485 g/mol. The molecule has 1 saturated heterocycles. The molecule has 7 nitrogen and oxygen atoms in total. The molecule has 2 aromatic carbocycles. The number of piperidine rings is 1. The first-order valence-corrected chi connectivity index (χ1v) is 11.5. The minimum absolute atomic E-state index is 0.0606. The number of halogens is 3. The van der Waals surface area contributed by atoms with E-state index in [1.807, 2.05) is 4.90 Å². The second kappa shape index (κ2) is 9.71. The Balaban J connectivity index is 1.25. The average Bonchev–Trinajstić information content (AvgIpc) is 2.84. The number of aromatic nitrogens is 2. The van der Waals surface area contributed by atoms with Gasteiger partial charge in [0, 0.05) is 38.3 Å². The van der Waals surface area contributed by atoms with E-state index in [1.165, 1.54) is 35.7 Å². The van der Waals surface area contributed by atoms with Gasteiger partial charge < -0.3 is 20.1 Å². The molecule has 10 heteroatoms. The molecule has 2 aliphatic rings. The molecule has 0 saturated carbocycles. The van der Waals surface area contributed by atoms with Gasteiger partial charge in [0.2, 0.25) is 0 Å². The first-order valence-electron chi connectivity index (χ1n) is 11.5. The molecule has 35 heavy (non-hydrogen) atoms. The third-order valence-corrected chi connectivity index (χ3v) is 6.53. The number of nitrogens with zero attached hydrogens (tertiary/aromatic N) is 4. The predicted octanol–water partition coefficient (Wildman–Crippen LogP) is 4.12. The maximum absolute atomic E-state index is 12.7. The van der Waals surface area contributed by atoms with Gasteiger partial charge in [-0.25, -0.2) is 9.97 Å². The highest BCUT2D eigenvalue weighted by Gasteiger charge is 2.34. The number of fused-ring (bicyclic) bond motifs is 1. The van der Waals surface area contributed by atoms with Crippen molar-refractivity contribution in [3.05, 3.63) is 72.1 Å². The lowest BCUT2D eigenvalue weighted by Crippen LogP contribution is -2.55. The topological polar surface area (TPSA) is 73.8 Å². The Kier molecular flexibility index (Phi) is 6.48. The van der Waals surface area contributed by atoms with E-state index in [0.717, 1.165) is 25.9 Å². The largest absolute Gasteiger partial charge is 0.573 e. The van der Waals surface area contributed by atoms with Crippen LogP contribution in [0, 0.1) is 0 Å². The first-order chi connectivity index (χ1) is 16.9. The third kappa shape index (κ3) is 5.49. The Labute approximate surface area is 201 Å². The Hall–Kier alpha value is -3.37. The van der Waals surface area contributed by atoms with Gasteiger partial charge in [-0.2, -0.15) is 0 Å². The van der Waals surface area contributed by atoms with Crippen LogP contribution in [-0.2, 0) is 13.0 Å². The molecular weight excluding hydrogens is 459 g/mol. The summed E-state index contributed by atoms with van der Waals surface area (Å²) in [5.74, 6) is 0.579. The zero-order chi connectivity index (χ0) is 24.4. The number of alkyl halides is 3. The zero-order valence-corrected chi connectivity index (χ0v) is 18.9. The number of hydrogen-bond donors (Lipinski definition) is 2. The lowest BCUT2D eigenvalue weighted by molar-refractivity contribution is -0.274. The Morgan fingerprint density at radius 3 is 2.57 bits per heavy atom. The van der Waals surface area contributed by atoms with Gasteiger partial charge in [0.05, 0.1) is 11.8 Å². The van der Waals surface area contributed by atoms with Crippen molar-refractivity contribution < 1.29 is 23.0 Å². The van der Waals surface area contributed by atoms with Crippen molar-refractivity contribution in [3.63, 3.8) is 0 Å². The number of para-hydroxylation sites is 2. The van der Waals surface area contributed by atoms with Crippen LogP contribution in [0.2, 0.25) is 0 Å². The van der Waals surface area contributed by atoms with E-state index in [1.54, 1.807) is 12.1 Å². The van der Waals surface area contributed by atoms with E-state index < -0.39 is 12.5 Å². The fourth-order valence-corrected chi connectivity index (χ4v) is 4.86. The molecule has 1 unspecified atom stereocenters. The van der Waals surface area contributed by atoms with Crippen molar-refractivity contribution in [2.24, 2.45) is 0 Å². The number of ether oxygens (including phenoxy) is 1. The SMILES string of the molecule is O[C@H]1CN(c2cc(Nc3ccccc3OC(F)(F)F)ncn2)CCC1N1CCc2ccccc2C1. The van der Waals surface area contributed by atoms with Crippen LogP contribution in [0.25, 0.3) is 0 Å². The van der Waals surface area contributed by atoms with E-state index in [-0.39, 0.29) is 17.5 Å². The highest BCUT2D eigenvalue weighted by Crippen LogP contribution is 2.32. The van der Waals surface area contributed by atoms with E-state index in [2.05, 4.69) is 49.2 Å². The molecule has 2 N–H and O–H groups in total. The molecule has 0 radical (unpaired) electrons. The first kappa shape index (κ1) is 23.4. The summed E-state index contributed by atoms with van der Waals surface area (Å²) in [4.78, 5) is 12.8. The van der Waals surface area contributed by atoms with E-state index in [9.17, 15) is 18.3 Å². The summed E-state index contributed by atoms with van der Waals surface area (Å²) in [6, 6.07) is 15.9. The summed E-state index contributed by atoms with van der Waals surface area (Å²) in [7, 11) is 0. The van der Waals surface area contributed by atoms with Gasteiger partial charge in [0.25, 0.3) is 0 Å². The van der Waals surface area contributed by atoms with Crippen LogP contribution in [0.5, 0.6) is 5.75 Å². The maximum Gasteiger partial charge on any atom is 0.573 e. The average molecular weight is 486 g/mol. The molecule has 0 aliphatic carbocycles. The zero-order valence-electron chi connectivity index (χ0n) is 18.9. The number of aliphatic hydroxyl groups is 1. The molecule has 1 aromatic heterocycles. The summed E-state index contributed by atoms with van der Waals surface area (Å²) < 4.78 is 42.3. The van der Waals surface area contributed by atoms with Crippen LogP contribution in [0.3, 0.4) is 0 Å². The van der Waals surface area contributed by atoms with E-state index in [4.69, 9.17) is 0 Å². The number of β-amino-alcohol motifs (C(OH)–C–C–N with tert-alkyl or cyclic N) is 1. The van der Waals surface area contributed by atoms with Crippen LogP contribution >= 0.6 is 0 Å². The van der Waals surface area contributed by atoms with Crippen LogP contribution in [0.15, 0.2) is 60.9 Å². The lowest BCUT2D eigenvalue weighted by atomic mass is 9.94. The van der Waals surface area contributed by atoms with Gasteiger partial charge in [0.1, 0.15) is 18.0 Å².